The predicted molar refractivity (Wildman–Crippen MR) is 114 cm³/mol. The number of hydrogen-bond donors (Lipinski definition) is 1. The van der Waals surface area contributed by atoms with Crippen LogP contribution in [0.25, 0.3) is 10.6 Å². The van der Waals surface area contributed by atoms with Crippen LogP contribution in [0.4, 0.5) is 0 Å². The second kappa shape index (κ2) is 8.34. The minimum atomic E-state index is -3.65. The van der Waals surface area contributed by atoms with E-state index in [-0.39, 0.29) is 22.5 Å². The van der Waals surface area contributed by atoms with Crippen molar-refractivity contribution >= 4 is 50.4 Å². The molecule has 1 aromatic carbocycles. The average Bonchev–Trinajstić information content (AvgIpc) is 3.48. The number of nitrogens with one attached hydrogen (secondary N) is 1. The summed E-state index contributed by atoms with van der Waals surface area (Å²) in [7, 11) is -3.65. The number of nitrogens with zero attached hydrogens (tertiary/aromatic N) is 2. The van der Waals surface area contributed by atoms with Crippen molar-refractivity contribution in [2.45, 2.75) is 16.8 Å². The maximum absolute atomic E-state index is 12.8. The summed E-state index contributed by atoms with van der Waals surface area (Å²) in [6.07, 6.45) is 0. The number of thiophene rings is 1. The average molecular weight is 452 g/mol. The summed E-state index contributed by atoms with van der Waals surface area (Å²) < 4.78 is 27.1. The molecule has 6 nitrogen and oxygen atoms in total. The van der Waals surface area contributed by atoms with Gasteiger partial charge in [0, 0.05) is 16.7 Å². The van der Waals surface area contributed by atoms with Gasteiger partial charge < -0.3 is 5.32 Å². The highest BCUT2D eigenvalue weighted by atomic mass is 32.2. The zero-order valence-electron chi connectivity index (χ0n) is 14.6. The van der Waals surface area contributed by atoms with E-state index in [1.807, 2.05) is 35.7 Å². The predicted octanol–water partition coefficient (Wildman–Crippen LogP) is 3.25. The molecule has 0 saturated carbocycles. The summed E-state index contributed by atoms with van der Waals surface area (Å²) in [5, 5.41) is 7.36. The Morgan fingerprint density at radius 3 is 2.75 bits per heavy atom. The molecule has 1 aliphatic rings. The zero-order valence-corrected chi connectivity index (χ0v) is 17.9. The molecule has 0 spiro atoms. The molecule has 1 aliphatic heterocycles. The summed E-state index contributed by atoms with van der Waals surface area (Å²) in [5.74, 6) is 0.440. The minimum Gasteiger partial charge on any atom is -0.349 e. The number of sulfonamides is 1. The Bertz CT molecular complexity index is 1050. The Labute approximate surface area is 175 Å². The van der Waals surface area contributed by atoms with Crippen LogP contribution in [0.5, 0.6) is 0 Å². The normalized spacial score (nSPS) is 17.6. The number of benzene rings is 1. The van der Waals surface area contributed by atoms with Gasteiger partial charge in [0.25, 0.3) is 10.0 Å². The second-order valence-corrected chi connectivity index (χ2v) is 11.0. The SMILES string of the molecule is O=C(NCc1csc(-c2ccccc2)n1)[C@H]1CSCN1S(=O)(=O)c1cccs1. The Kier molecular flexibility index (Phi) is 5.83. The van der Waals surface area contributed by atoms with Crippen molar-refractivity contribution in [3.63, 3.8) is 0 Å². The third kappa shape index (κ3) is 4.01. The first-order valence-corrected chi connectivity index (χ1v) is 12.8. The van der Waals surface area contributed by atoms with Gasteiger partial charge in [0.1, 0.15) is 15.3 Å². The van der Waals surface area contributed by atoms with Gasteiger partial charge in [0.15, 0.2) is 0 Å². The fourth-order valence-electron chi connectivity index (χ4n) is 2.79. The van der Waals surface area contributed by atoms with Crippen molar-refractivity contribution in [3.05, 3.63) is 58.9 Å². The summed E-state index contributed by atoms with van der Waals surface area (Å²) in [6.45, 7) is 0.274. The Hall–Kier alpha value is -1.72. The molecule has 0 bridgehead atoms. The van der Waals surface area contributed by atoms with E-state index in [1.165, 1.54) is 27.4 Å². The smallest absolute Gasteiger partial charge is 0.254 e. The Morgan fingerprint density at radius 2 is 2.00 bits per heavy atom. The molecular weight excluding hydrogens is 434 g/mol. The molecule has 3 heterocycles. The lowest BCUT2D eigenvalue weighted by Crippen LogP contribution is -2.46. The highest BCUT2D eigenvalue weighted by Crippen LogP contribution is 2.30. The van der Waals surface area contributed by atoms with Gasteiger partial charge in [0.2, 0.25) is 5.91 Å². The van der Waals surface area contributed by atoms with Crippen LogP contribution in [-0.2, 0) is 21.4 Å². The van der Waals surface area contributed by atoms with Crippen molar-refractivity contribution < 1.29 is 13.2 Å². The van der Waals surface area contributed by atoms with Crippen LogP contribution >= 0.6 is 34.4 Å². The van der Waals surface area contributed by atoms with Crippen LogP contribution in [-0.4, -0.2) is 41.3 Å². The monoisotopic (exact) mass is 451 g/mol. The number of rotatable bonds is 6. The minimum absolute atomic E-state index is 0.264. The highest BCUT2D eigenvalue weighted by molar-refractivity contribution is 8.01. The van der Waals surface area contributed by atoms with Crippen LogP contribution in [0.15, 0.2) is 57.4 Å². The fraction of sp³-hybridized carbons (Fsp3) is 0.222. The number of aromatic nitrogens is 1. The first kappa shape index (κ1) is 19.6. The van der Waals surface area contributed by atoms with E-state index in [4.69, 9.17) is 0 Å². The number of thiazole rings is 1. The second-order valence-electron chi connectivity index (χ2n) is 6.07. The molecule has 3 aromatic rings. The first-order valence-electron chi connectivity index (χ1n) is 8.46. The lowest BCUT2D eigenvalue weighted by Gasteiger charge is -2.21. The highest BCUT2D eigenvalue weighted by Gasteiger charge is 2.40. The summed E-state index contributed by atoms with van der Waals surface area (Å²) in [5.41, 5.74) is 1.79. The van der Waals surface area contributed by atoms with Gasteiger partial charge in [-0.15, -0.1) is 34.4 Å². The molecule has 2 aromatic heterocycles. The Balaban J connectivity index is 1.42. The lowest BCUT2D eigenvalue weighted by molar-refractivity contribution is -0.124. The van der Waals surface area contributed by atoms with Gasteiger partial charge in [0.05, 0.1) is 18.1 Å². The first-order chi connectivity index (χ1) is 13.6. The molecule has 1 fully saturated rings. The number of carbonyl (C=O) groups excluding carboxylic acids is 1. The van der Waals surface area contributed by atoms with Crippen LogP contribution in [0, 0.1) is 0 Å². The van der Waals surface area contributed by atoms with Gasteiger partial charge in [-0.05, 0) is 11.4 Å². The molecule has 1 N–H and O–H groups in total. The van der Waals surface area contributed by atoms with E-state index in [2.05, 4.69) is 10.3 Å². The van der Waals surface area contributed by atoms with E-state index in [9.17, 15) is 13.2 Å². The van der Waals surface area contributed by atoms with Crippen molar-refractivity contribution in [1.29, 1.82) is 0 Å². The van der Waals surface area contributed by atoms with Crippen LogP contribution in [0.2, 0.25) is 0 Å². The molecule has 1 atom stereocenters. The van der Waals surface area contributed by atoms with Gasteiger partial charge in [-0.25, -0.2) is 13.4 Å². The maximum atomic E-state index is 12.8. The number of hydrogen-bond acceptors (Lipinski definition) is 7. The summed E-state index contributed by atoms with van der Waals surface area (Å²) in [4.78, 5) is 17.2. The van der Waals surface area contributed by atoms with E-state index in [1.54, 1.807) is 17.5 Å². The molecule has 0 aliphatic carbocycles. The van der Waals surface area contributed by atoms with Gasteiger partial charge >= 0.3 is 0 Å². The van der Waals surface area contributed by atoms with Gasteiger partial charge in [-0.3, -0.25) is 4.79 Å². The number of amides is 1. The van der Waals surface area contributed by atoms with E-state index in [0.717, 1.165) is 27.6 Å². The summed E-state index contributed by atoms with van der Waals surface area (Å²) >= 11 is 4.12. The number of thioether (sulfide) groups is 1. The van der Waals surface area contributed by atoms with E-state index >= 15 is 0 Å². The molecular formula is C18H17N3O3S4. The quantitative estimate of drug-likeness (QED) is 0.622. The third-order valence-corrected chi connectivity index (χ3v) is 9.56. The topological polar surface area (TPSA) is 79.4 Å². The zero-order chi connectivity index (χ0) is 19.6. The van der Waals surface area contributed by atoms with E-state index in [0.29, 0.717) is 5.75 Å². The van der Waals surface area contributed by atoms with Crippen molar-refractivity contribution in [2.24, 2.45) is 0 Å². The van der Waals surface area contributed by atoms with Crippen molar-refractivity contribution in [2.75, 3.05) is 11.6 Å². The Morgan fingerprint density at radius 1 is 1.18 bits per heavy atom. The summed E-state index contributed by atoms with van der Waals surface area (Å²) in [6, 6.07) is 12.4. The molecule has 10 heteroatoms. The largest absolute Gasteiger partial charge is 0.349 e. The number of carbonyl (C=O) groups is 1. The van der Waals surface area contributed by atoms with Crippen LogP contribution in [0.1, 0.15) is 5.69 Å². The fourth-order valence-corrected chi connectivity index (χ4v) is 7.89. The molecule has 0 unspecified atom stereocenters. The standard InChI is InChI=1S/C18H17N3O3S4/c22-17(15-11-25-12-21(15)28(23,24)16-7-4-8-26-16)19-9-14-10-27-18(20-14)13-5-2-1-3-6-13/h1-8,10,15H,9,11-12H2,(H,19,22)/t15-/m1/s1. The molecule has 0 radical (unpaired) electrons. The molecule has 1 amide bonds. The molecule has 4 rings (SSSR count). The molecule has 28 heavy (non-hydrogen) atoms. The third-order valence-electron chi connectivity index (χ3n) is 4.22. The van der Waals surface area contributed by atoms with Crippen LogP contribution in [0.3, 0.4) is 0 Å². The van der Waals surface area contributed by atoms with Crippen LogP contribution < -0.4 is 5.32 Å². The lowest BCUT2D eigenvalue weighted by atomic mass is 10.2. The van der Waals surface area contributed by atoms with Gasteiger partial charge in [-0.2, -0.15) is 4.31 Å². The van der Waals surface area contributed by atoms with E-state index < -0.39 is 16.1 Å². The van der Waals surface area contributed by atoms with Gasteiger partial charge in [-0.1, -0.05) is 36.4 Å². The molecule has 146 valence electrons. The molecule has 1 saturated heterocycles. The van der Waals surface area contributed by atoms with Crippen molar-refractivity contribution in [3.8, 4) is 10.6 Å². The maximum Gasteiger partial charge on any atom is 0.254 e. The van der Waals surface area contributed by atoms with Crippen molar-refractivity contribution in [1.82, 2.24) is 14.6 Å².